The van der Waals surface area contributed by atoms with E-state index in [0.717, 1.165) is 19.4 Å². The van der Waals surface area contributed by atoms with Crippen LogP contribution in [0.5, 0.6) is 11.5 Å². The van der Waals surface area contributed by atoms with Crippen LogP contribution < -0.4 is 20.5 Å². The third-order valence-corrected chi connectivity index (χ3v) is 3.64. The van der Waals surface area contributed by atoms with E-state index in [9.17, 15) is 4.79 Å². The van der Waals surface area contributed by atoms with Crippen LogP contribution in [0, 0.1) is 0 Å². The molecular weight excluding hydrogens is 260 g/mol. The molecule has 1 aromatic rings. The first-order valence-corrected chi connectivity index (χ1v) is 6.67. The number of ether oxygens (including phenoxy) is 3. The molecule has 2 heterocycles. The predicted molar refractivity (Wildman–Crippen MR) is 72.9 cm³/mol. The minimum absolute atomic E-state index is 0.158. The second kappa shape index (κ2) is 4.86. The van der Waals surface area contributed by atoms with Crippen molar-refractivity contribution in [3.05, 3.63) is 17.7 Å². The zero-order chi connectivity index (χ0) is 14.2. The van der Waals surface area contributed by atoms with E-state index in [1.54, 1.807) is 12.1 Å². The summed E-state index contributed by atoms with van der Waals surface area (Å²) in [4.78, 5) is 12.4. The molecular formula is C14H18N2O4. The van der Waals surface area contributed by atoms with Crippen LogP contribution in [-0.4, -0.2) is 31.5 Å². The molecule has 0 aliphatic carbocycles. The number of anilines is 1. The molecule has 1 saturated heterocycles. The molecule has 3 rings (SSSR count). The largest absolute Gasteiger partial charge is 0.454 e. The molecule has 20 heavy (non-hydrogen) atoms. The topological polar surface area (TPSA) is 82.8 Å². The van der Waals surface area contributed by atoms with Crippen molar-refractivity contribution in [3.8, 4) is 11.5 Å². The van der Waals surface area contributed by atoms with Crippen LogP contribution in [-0.2, 0) is 4.74 Å². The third-order valence-electron chi connectivity index (χ3n) is 3.64. The van der Waals surface area contributed by atoms with Crippen LogP contribution in [0.25, 0.3) is 0 Å². The van der Waals surface area contributed by atoms with Crippen LogP contribution in [0.15, 0.2) is 12.1 Å². The molecule has 0 spiro atoms. The van der Waals surface area contributed by atoms with Gasteiger partial charge >= 0.3 is 0 Å². The van der Waals surface area contributed by atoms with E-state index in [0.29, 0.717) is 29.4 Å². The van der Waals surface area contributed by atoms with E-state index in [1.807, 2.05) is 6.92 Å². The van der Waals surface area contributed by atoms with E-state index in [4.69, 9.17) is 19.9 Å². The Labute approximate surface area is 117 Å². The minimum Gasteiger partial charge on any atom is -0.454 e. The third kappa shape index (κ3) is 2.38. The number of hydrogen-bond acceptors (Lipinski definition) is 5. The fraction of sp³-hybridized carbons (Fsp3) is 0.500. The highest BCUT2D eigenvalue weighted by molar-refractivity contribution is 6.00. The molecule has 2 aliphatic rings. The molecule has 0 bridgehead atoms. The Bertz CT molecular complexity index is 538. The SMILES string of the molecule is CC1(NC(=O)c2cc3c(cc2N)OCO3)CCCOC1. The van der Waals surface area contributed by atoms with E-state index in [1.165, 1.54) is 0 Å². The van der Waals surface area contributed by atoms with Crippen LogP contribution in [0.3, 0.4) is 0 Å². The fourth-order valence-corrected chi connectivity index (χ4v) is 2.53. The zero-order valence-electron chi connectivity index (χ0n) is 11.4. The van der Waals surface area contributed by atoms with E-state index in [-0.39, 0.29) is 18.2 Å². The molecule has 1 unspecified atom stereocenters. The molecule has 6 nitrogen and oxygen atoms in total. The summed E-state index contributed by atoms with van der Waals surface area (Å²) in [5.74, 6) is 0.912. The second-order valence-corrected chi connectivity index (χ2v) is 5.46. The van der Waals surface area contributed by atoms with E-state index >= 15 is 0 Å². The van der Waals surface area contributed by atoms with E-state index in [2.05, 4.69) is 5.32 Å². The van der Waals surface area contributed by atoms with Crippen LogP contribution in [0.2, 0.25) is 0 Å². The van der Waals surface area contributed by atoms with Crippen molar-refractivity contribution < 1.29 is 19.0 Å². The summed E-state index contributed by atoms with van der Waals surface area (Å²) in [7, 11) is 0. The molecule has 0 saturated carbocycles. The Hall–Kier alpha value is -1.95. The van der Waals surface area contributed by atoms with Crippen molar-refractivity contribution in [2.75, 3.05) is 25.7 Å². The minimum atomic E-state index is -0.349. The number of nitrogens with one attached hydrogen (secondary N) is 1. The van der Waals surface area contributed by atoms with Crippen LogP contribution in [0.1, 0.15) is 30.1 Å². The molecule has 0 aromatic heterocycles. The van der Waals surface area contributed by atoms with Crippen LogP contribution in [0.4, 0.5) is 5.69 Å². The van der Waals surface area contributed by atoms with E-state index < -0.39 is 0 Å². The summed E-state index contributed by atoms with van der Waals surface area (Å²) in [6, 6.07) is 3.25. The Morgan fingerprint density at radius 3 is 2.80 bits per heavy atom. The standard InChI is InChI=1S/C14H18N2O4/c1-14(3-2-4-18-7-14)16-13(17)9-5-11-12(6-10(9)15)20-8-19-11/h5-6H,2-4,7-8,15H2,1H3,(H,16,17). The Morgan fingerprint density at radius 1 is 1.35 bits per heavy atom. The first-order chi connectivity index (χ1) is 9.57. The van der Waals surface area contributed by atoms with Crippen molar-refractivity contribution in [3.63, 3.8) is 0 Å². The van der Waals surface area contributed by atoms with Crippen molar-refractivity contribution in [1.82, 2.24) is 5.32 Å². The number of benzene rings is 1. The van der Waals surface area contributed by atoms with Gasteiger partial charge < -0.3 is 25.3 Å². The van der Waals surface area contributed by atoms with Gasteiger partial charge in [0.1, 0.15) is 0 Å². The lowest BCUT2D eigenvalue weighted by Gasteiger charge is -2.34. The maximum Gasteiger partial charge on any atom is 0.254 e. The summed E-state index contributed by atoms with van der Waals surface area (Å²) in [6.07, 6.45) is 1.83. The van der Waals surface area contributed by atoms with Gasteiger partial charge in [0, 0.05) is 18.4 Å². The normalized spacial score (nSPS) is 24.4. The van der Waals surface area contributed by atoms with Gasteiger partial charge in [0.15, 0.2) is 11.5 Å². The number of amides is 1. The Morgan fingerprint density at radius 2 is 2.10 bits per heavy atom. The maximum absolute atomic E-state index is 12.4. The highest BCUT2D eigenvalue weighted by atomic mass is 16.7. The highest BCUT2D eigenvalue weighted by Crippen LogP contribution is 2.36. The lowest BCUT2D eigenvalue weighted by Crippen LogP contribution is -2.51. The number of hydrogen-bond donors (Lipinski definition) is 2. The summed E-state index contributed by atoms with van der Waals surface area (Å²) < 4.78 is 15.9. The molecule has 1 aromatic carbocycles. The first-order valence-electron chi connectivity index (χ1n) is 6.67. The average molecular weight is 278 g/mol. The van der Waals surface area contributed by atoms with Gasteiger partial charge in [-0.2, -0.15) is 0 Å². The summed E-state index contributed by atoms with van der Waals surface area (Å²) >= 11 is 0. The van der Waals surface area contributed by atoms with Gasteiger partial charge in [-0.1, -0.05) is 0 Å². The number of fused-ring (bicyclic) bond motifs is 1. The molecule has 2 aliphatic heterocycles. The van der Waals surface area contributed by atoms with Gasteiger partial charge in [-0.15, -0.1) is 0 Å². The molecule has 1 atom stereocenters. The van der Waals surface area contributed by atoms with Gasteiger partial charge in [-0.05, 0) is 25.8 Å². The van der Waals surface area contributed by atoms with Gasteiger partial charge in [0.2, 0.25) is 6.79 Å². The number of nitrogen functional groups attached to an aromatic ring is 1. The lowest BCUT2D eigenvalue weighted by molar-refractivity contribution is 0.0273. The van der Waals surface area contributed by atoms with Crippen molar-refractivity contribution in [2.24, 2.45) is 0 Å². The lowest BCUT2D eigenvalue weighted by atomic mass is 9.94. The van der Waals surface area contributed by atoms with Crippen molar-refractivity contribution in [1.29, 1.82) is 0 Å². The van der Waals surface area contributed by atoms with Crippen LogP contribution >= 0.6 is 0 Å². The zero-order valence-corrected chi connectivity index (χ0v) is 11.4. The first kappa shape index (κ1) is 13.1. The monoisotopic (exact) mass is 278 g/mol. The molecule has 6 heteroatoms. The molecule has 3 N–H and O–H groups in total. The molecule has 108 valence electrons. The second-order valence-electron chi connectivity index (χ2n) is 5.46. The quantitative estimate of drug-likeness (QED) is 0.797. The predicted octanol–water partition coefficient (Wildman–Crippen LogP) is 1.30. The number of carbonyl (C=O) groups is 1. The highest BCUT2D eigenvalue weighted by Gasteiger charge is 2.30. The maximum atomic E-state index is 12.4. The van der Waals surface area contributed by atoms with Gasteiger partial charge in [-0.3, -0.25) is 4.79 Å². The Balaban J connectivity index is 1.80. The van der Waals surface area contributed by atoms with Gasteiger partial charge in [-0.25, -0.2) is 0 Å². The van der Waals surface area contributed by atoms with Gasteiger partial charge in [0.05, 0.1) is 17.7 Å². The fourth-order valence-electron chi connectivity index (χ4n) is 2.53. The van der Waals surface area contributed by atoms with Crippen molar-refractivity contribution >= 4 is 11.6 Å². The smallest absolute Gasteiger partial charge is 0.254 e. The molecule has 1 amide bonds. The number of nitrogens with two attached hydrogens (primary N) is 1. The summed E-state index contributed by atoms with van der Waals surface area (Å²) in [6.45, 7) is 3.40. The molecule has 0 radical (unpaired) electrons. The summed E-state index contributed by atoms with van der Waals surface area (Å²) in [5, 5.41) is 3.00. The number of rotatable bonds is 2. The average Bonchev–Trinajstić information content (AvgIpc) is 2.85. The molecule has 1 fully saturated rings. The summed E-state index contributed by atoms with van der Waals surface area (Å²) in [5.41, 5.74) is 6.35. The van der Waals surface area contributed by atoms with Gasteiger partial charge in [0.25, 0.3) is 5.91 Å². The van der Waals surface area contributed by atoms with Crippen molar-refractivity contribution in [2.45, 2.75) is 25.3 Å². The Kier molecular flexibility index (Phi) is 3.17. The number of carbonyl (C=O) groups excluding carboxylic acids is 1.